The van der Waals surface area contributed by atoms with Gasteiger partial charge in [0.15, 0.2) is 0 Å². The van der Waals surface area contributed by atoms with Gasteiger partial charge in [-0.2, -0.15) is 57.1 Å². The number of methoxy groups -OCH3 is 1. The van der Waals surface area contributed by atoms with E-state index in [-0.39, 0.29) is 17.9 Å². The summed E-state index contributed by atoms with van der Waals surface area (Å²) >= 11 is 0. The van der Waals surface area contributed by atoms with E-state index in [2.05, 4.69) is 10.1 Å². The van der Waals surface area contributed by atoms with Gasteiger partial charge >= 0.3 is 36.0 Å². The van der Waals surface area contributed by atoms with Gasteiger partial charge in [-0.3, -0.25) is 4.79 Å². The van der Waals surface area contributed by atoms with Gasteiger partial charge in [-0.1, -0.05) is 12.1 Å². The molecule has 18 heteroatoms. The van der Waals surface area contributed by atoms with E-state index in [1.165, 1.54) is 31.4 Å². The van der Waals surface area contributed by atoms with Gasteiger partial charge in [0.2, 0.25) is 5.67 Å². The Bertz CT molecular complexity index is 1210. The molecule has 0 heterocycles. The Labute approximate surface area is 221 Å². The molecule has 0 aliphatic heterocycles. The fourth-order valence-electron chi connectivity index (χ4n) is 3.09. The highest BCUT2D eigenvalue weighted by Gasteiger charge is 2.91. The first-order chi connectivity index (χ1) is 18.4. The number of benzene rings is 2. The van der Waals surface area contributed by atoms with Crippen LogP contribution in [-0.4, -0.2) is 54.7 Å². The molecule has 0 radical (unpaired) electrons. The summed E-state index contributed by atoms with van der Waals surface area (Å²) in [6.07, 6.45) is -14.1. The van der Waals surface area contributed by atoms with Crippen LogP contribution < -0.4 is 10.1 Å². The molecule has 0 saturated carbocycles. The fraction of sp³-hybridized carbons (Fsp3) is 0.435. The van der Waals surface area contributed by atoms with Crippen LogP contribution in [0.15, 0.2) is 48.5 Å². The highest BCUT2D eigenvalue weighted by molar-refractivity contribution is 6.04. The van der Waals surface area contributed by atoms with Crippen molar-refractivity contribution in [2.75, 3.05) is 12.4 Å². The molecule has 0 bridgehead atoms. The molecular weight excluding hydrogens is 604 g/mol. The van der Waals surface area contributed by atoms with Crippen LogP contribution in [0.25, 0.3) is 0 Å². The number of hydrogen-bond donors (Lipinski definition) is 1. The van der Waals surface area contributed by atoms with Crippen molar-refractivity contribution in [3.63, 3.8) is 0 Å². The summed E-state index contributed by atoms with van der Waals surface area (Å²) in [7, 11) is 1.42. The lowest BCUT2D eigenvalue weighted by molar-refractivity contribution is -0.439. The van der Waals surface area contributed by atoms with Crippen molar-refractivity contribution in [3.05, 3.63) is 59.7 Å². The zero-order chi connectivity index (χ0) is 31.9. The van der Waals surface area contributed by atoms with Crippen LogP contribution in [0, 0.1) is 0 Å². The summed E-state index contributed by atoms with van der Waals surface area (Å²) in [4.78, 5) is 12.2. The molecule has 0 saturated heterocycles. The summed E-state index contributed by atoms with van der Waals surface area (Å²) < 4.78 is 197. The van der Waals surface area contributed by atoms with Crippen LogP contribution in [0.3, 0.4) is 0 Å². The SMILES string of the molecule is COCc1ccc(C(=O)Nc2ccc(OC(F)(F)C(F)(F)C(F)(F)C(C)(F)C(F)(F)C(F)(F)C(F)(F)F)cc2)cc1. The zero-order valence-corrected chi connectivity index (χ0v) is 20.3. The van der Waals surface area contributed by atoms with Crippen LogP contribution in [0.2, 0.25) is 0 Å². The van der Waals surface area contributed by atoms with Crippen LogP contribution in [0.5, 0.6) is 5.75 Å². The Hall–Kier alpha value is -3.31. The second kappa shape index (κ2) is 10.8. The Morgan fingerprint density at radius 1 is 0.683 bits per heavy atom. The molecular formula is C23H17F14NO3. The maximum Gasteiger partial charge on any atom is 0.471 e. The van der Waals surface area contributed by atoms with E-state index in [1.54, 1.807) is 0 Å². The van der Waals surface area contributed by atoms with E-state index < -0.39 is 60.2 Å². The van der Waals surface area contributed by atoms with E-state index in [0.29, 0.717) is 17.7 Å². The molecule has 41 heavy (non-hydrogen) atoms. The molecule has 1 unspecified atom stereocenters. The minimum absolute atomic E-state index is 0.0840. The first kappa shape index (κ1) is 33.9. The van der Waals surface area contributed by atoms with E-state index in [0.717, 1.165) is 12.1 Å². The second-order valence-electron chi connectivity index (χ2n) is 8.53. The van der Waals surface area contributed by atoms with Gasteiger partial charge < -0.3 is 14.8 Å². The third kappa shape index (κ3) is 5.88. The van der Waals surface area contributed by atoms with Crippen molar-refractivity contribution in [1.29, 1.82) is 0 Å². The average molecular weight is 621 g/mol. The molecule has 2 rings (SSSR count). The molecule has 0 aromatic heterocycles. The first-order valence-corrected chi connectivity index (χ1v) is 10.7. The maximum atomic E-state index is 14.2. The predicted molar refractivity (Wildman–Crippen MR) is 112 cm³/mol. The topological polar surface area (TPSA) is 47.6 Å². The molecule has 1 amide bonds. The Morgan fingerprint density at radius 3 is 1.59 bits per heavy atom. The average Bonchev–Trinajstić information content (AvgIpc) is 2.84. The minimum Gasteiger partial charge on any atom is -0.428 e. The number of alkyl halides is 14. The van der Waals surface area contributed by atoms with Crippen molar-refractivity contribution in [2.24, 2.45) is 0 Å². The number of halogens is 14. The Kier molecular flexibility index (Phi) is 8.95. The van der Waals surface area contributed by atoms with Crippen LogP contribution in [0.1, 0.15) is 22.8 Å². The van der Waals surface area contributed by atoms with E-state index in [1.807, 2.05) is 0 Å². The second-order valence-corrected chi connectivity index (χ2v) is 8.53. The van der Waals surface area contributed by atoms with Gasteiger partial charge in [0, 0.05) is 18.4 Å². The van der Waals surface area contributed by atoms with Gasteiger partial charge in [0.1, 0.15) is 5.75 Å². The highest BCUT2D eigenvalue weighted by atomic mass is 19.4. The molecule has 230 valence electrons. The van der Waals surface area contributed by atoms with Gasteiger partial charge in [-0.25, -0.2) is 4.39 Å². The highest BCUT2D eigenvalue weighted by Crippen LogP contribution is 2.61. The van der Waals surface area contributed by atoms with E-state index in [9.17, 15) is 66.3 Å². The number of rotatable bonds is 11. The lowest BCUT2D eigenvalue weighted by Crippen LogP contribution is -2.73. The molecule has 0 spiro atoms. The molecule has 2 aromatic rings. The molecule has 2 aromatic carbocycles. The summed E-state index contributed by atoms with van der Waals surface area (Å²) in [6, 6.07) is 7.98. The van der Waals surface area contributed by atoms with Crippen LogP contribution >= 0.6 is 0 Å². The number of nitrogens with one attached hydrogen (secondary N) is 1. The maximum absolute atomic E-state index is 14.2. The number of ether oxygens (including phenoxy) is 2. The molecule has 1 atom stereocenters. The number of anilines is 1. The smallest absolute Gasteiger partial charge is 0.428 e. The molecule has 0 aliphatic rings. The standard InChI is InChI=1S/C23H17F14NO3/c1-17(24,18(25,26)20(29,30)22(33,34)35)19(27,28)21(31,32)23(36,37)41-15-9-7-14(8-10-15)38-16(39)13-5-3-12(4-6-13)11-40-2/h3-10H,11H2,1-2H3,(H,38,39). The quantitative estimate of drug-likeness (QED) is 0.260. The van der Waals surface area contributed by atoms with Crippen molar-refractivity contribution in [2.45, 2.75) is 55.2 Å². The Morgan fingerprint density at radius 2 is 1.15 bits per heavy atom. The summed E-state index contributed by atoms with van der Waals surface area (Å²) in [5, 5.41) is 2.24. The van der Waals surface area contributed by atoms with Gasteiger partial charge in [0.05, 0.1) is 6.61 Å². The fourth-order valence-corrected chi connectivity index (χ4v) is 3.09. The molecule has 1 N–H and O–H groups in total. The van der Waals surface area contributed by atoms with Crippen molar-refractivity contribution >= 4 is 11.6 Å². The lowest BCUT2D eigenvalue weighted by atomic mass is 9.84. The van der Waals surface area contributed by atoms with Crippen LogP contribution in [-0.2, 0) is 11.3 Å². The zero-order valence-electron chi connectivity index (χ0n) is 20.3. The normalized spacial score (nSPS) is 15.3. The van der Waals surface area contributed by atoms with Crippen molar-refractivity contribution < 1.29 is 75.7 Å². The lowest BCUT2D eigenvalue weighted by Gasteiger charge is -2.43. The van der Waals surface area contributed by atoms with Gasteiger partial charge in [-0.15, -0.1) is 0 Å². The Balaban J connectivity index is 2.27. The third-order valence-corrected chi connectivity index (χ3v) is 5.57. The number of hydrogen-bond acceptors (Lipinski definition) is 3. The molecule has 4 nitrogen and oxygen atoms in total. The van der Waals surface area contributed by atoms with Crippen molar-refractivity contribution in [3.8, 4) is 5.75 Å². The molecule has 0 aliphatic carbocycles. The van der Waals surface area contributed by atoms with E-state index >= 15 is 0 Å². The number of carbonyl (C=O) groups is 1. The van der Waals surface area contributed by atoms with Gasteiger partial charge in [0.25, 0.3) is 5.91 Å². The van der Waals surface area contributed by atoms with E-state index in [4.69, 9.17) is 4.74 Å². The first-order valence-electron chi connectivity index (χ1n) is 10.7. The van der Waals surface area contributed by atoms with Crippen molar-refractivity contribution in [1.82, 2.24) is 0 Å². The van der Waals surface area contributed by atoms with Crippen LogP contribution in [0.4, 0.5) is 67.2 Å². The summed E-state index contributed by atoms with van der Waals surface area (Å²) in [5.41, 5.74) is -6.33. The summed E-state index contributed by atoms with van der Waals surface area (Å²) in [6.45, 7) is -1.29. The summed E-state index contributed by atoms with van der Waals surface area (Å²) in [5.74, 6) is -32.6. The largest absolute Gasteiger partial charge is 0.471 e. The number of carbonyl (C=O) groups excluding carboxylic acids is 1. The number of amides is 1. The molecule has 0 fully saturated rings. The minimum atomic E-state index is -7.69. The monoisotopic (exact) mass is 621 g/mol. The third-order valence-electron chi connectivity index (χ3n) is 5.57. The predicted octanol–water partition coefficient (Wildman–Crippen LogP) is 7.89. The van der Waals surface area contributed by atoms with Gasteiger partial charge in [-0.05, 0) is 48.9 Å².